The molecule has 8 nitrogen and oxygen atoms in total. The van der Waals surface area contributed by atoms with Gasteiger partial charge < -0.3 is 25.9 Å². The van der Waals surface area contributed by atoms with Crippen molar-refractivity contribution in [1.82, 2.24) is 14.6 Å². The van der Waals surface area contributed by atoms with Gasteiger partial charge in [-0.3, -0.25) is 5.41 Å². The van der Waals surface area contributed by atoms with Crippen molar-refractivity contribution >= 4 is 22.8 Å². The number of hydrogen-bond donors (Lipinski definition) is 4. The van der Waals surface area contributed by atoms with Crippen LogP contribution in [-0.2, 0) is 4.74 Å². The van der Waals surface area contributed by atoms with Gasteiger partial charge in [-0.05, 0) is 37.9 Å². The number of fused-ring (bicyclic) bond motifs is 1. The quantitative estimate of drug-likeness (QED) is 0.342. The first-order valence-electron chi connectivity index (χ1n) is 8.61. The molecule has 1 aromatic carbocycles. The van der Waals surface area contributed by atoms with Crippen LogP contribution in [0.3, 0.4) is 0 Å². The van der Waals surface area contributed by atoms with Gasteiger partial charge >= 0.3 is 0 Å². The van der Waals surface area contributed by atoms with Crippen LogP contribution in [0, 0.1) is 11.3 Å². The molecule has 1 fully saturated rings. The van der Waals surface area contributed by atoms with Crippen LogP contribution >= 0.6 is 0 Å². The van der Waals surface area contributed by atoms with Crippen LogP contribution in [0.15, 0.2) is 18.2 Å². The van der Waals surface area contributed by atoms with Crippen molar-refractivity contribution in [3.8, 4) is 0 Å². The van der Waals surface area contributed by atoms with Gasteiger partial charge in [-0.15, -0.1) is 4.73 Å². The molecule has 0 amide bonds. The van der Waals surface area contributed by atoms with Gasteiger partial charge in [-0.2, -0.15) is 0 Å². The first kappa shape index (κ1) is 17.5. The van der Waals surface area contributed by atoms with Gasteiger partial charge in [0.1, 0.15) is 11.4 Å². The highest BCUT2D eigenvalue weighted by Gasteiger charge is 2.17. The Bertz CT molecular complexity index is 738. The molecule has 0 saturated carbocycles. The summed E-state index contributed by atoms with van der Waals surface area (Å²) in [6, 6.07) is 5.26. The molecule has 1 aromatic heterocycles. The van der Waals surface area contributed by atoms with E-state index in [0.717, 1.165) is 43.9 Å². The van der Waals surface area contributed by atoms with E-state index in [9.17, 15) is 5.21 Å². The molecular weight excluding hydrogens is 320 g/mol. The maximum absolute atomic E-state index is 10.4. The Morgan fingerprint density at radius 1 is 1.48 bits per heavy atom. The molecule has 0 aliphatic carbocycles. The highest BCUT2D eigenvalue weighted by Crippen LogP contribution is 2.21. The molecule has 1 saturated heterocycles. The van der Waals surface area contributed by atoms with E-state index in [4.69, 9.17) is 15.9 Å². The predicted octanol–water partition coefficient (Wildman–Crippen LogP) is 1.33. The number of ether oxygens (including phenoxy) is 1. The number of imidazole rings is 1. The summed E-state index contributed by atoms with van der Waals surface area (Å²) in [6.45, 7) is 4.29. The molecule has 5 N–H and O–H groups in total. The molecule has 3 rings (SSSR count). The van der Waals surface area contributed by atoms with Crippen molar-refractivity contribution in [1.29, 1.82) is 5.41 Å². The van der Waals surface area contributed by atoms with Crippen LogP contribution in [0.2, 0.25) is 0 Å². The van der Waals surface area contributed by atoms with Gasteiger partial charge in [0, 0.05) is 38.4 Å². The number of anilines is 1. The van der Waals surface area contributed by atoms with Crippen molar-refractivity contribution in [2.24, 2.45) is 11.7 Å². The van der Waals surface area contributed by atoms with Gasteiger partial charge in [-0.1, -0.05) is 6.07 Å². The van der Waals surface area contributed by atoms with Crippen LogP contribution in [0.4, 0.5) is 5.95 Å². The number of aromatic nitrogens is 2. The molecule has 0 unspecified atom stereocenters. The van der Waals surface area contributed by atoms with Crippen molar-refractivity contribution < 1.29 is 9.94 Å². The Hall–Kier alpha value is -2.32. The van der Waals surface area contributed by atoms with Crippen LogP contribution in [0.1, 0.15) is 18.4 Å². The number of benzene rings is 1. The lowest BCUT2D eigenvalue weighted by Gasteiger charge is -2.27. The number of rotatable bonds is 7. The molecule has 0 bridgehead atoms. The van der Waals surface area contributed by atoms with Gasteiger partial charge in [0.2, 0.25) is 5.95 Å². The topological polar surface area (TPSA) is 112 Å². The number of para-hydroxylation sites is 1. The summed E-state index contributed by atoms with van der Waals surface area (Å²) in [4.78, 5) is 6.67. The zero-order chi connectivity index (χ0) is 17.8. The molecule has 0 radical (unpaired) electrons. The Morgan fingerprint density at radius 3 is 2.96 bits per heavy atom. The van der Waals surface area contributed by atoms with E-state index in [1.807, 2.05) is 0 Å². The summed E-state index contributed by atoms with van der Waals surface area (Å²) in [5.41, 5.74) is 7.11. The van der Waals surface area contributed by atoms with Crippen LogP contribution in [-0.4, -0.2) is 65.6 Å². The van der Waals surface area contributed by atoms with Gasteiger partial charge in [0.25, 0.3) is 0 Å². The first-order valence-corrected chi connectivity index (χ1v) is 8.61. The summed E-state index contributed by atoms with van der Waals surface area (Å²) in [6.07, 6.45) is 2.25. The van der Waals surface area contributed by atoms with Crippen LogP contribution < -0.4 is 11.1 Å². The second-order valence-electron chi connectivity index (χ2n) is 6.58. The third kappa shape index (κ3) is 4.02. The summed E-state index contributed by atoms with van der Waals surface area (Å²) in [5.74, 6) is 0.964. The van der Waals surface area contributed by atoms with Crippen LogP contribution in [0.5, 0.6) is 0 Å². The number of likely N-dealkylation sites (N-methyl/N-ethyl adjacent to an activating group) is 1. The highest BCUT2D eigenvalue weighted by atomic mass is 16.5. The first-order chi connectivity index (χ1) is 12.1. The number of nitrogens with zero attached hydrogens (tertiary/aromatic N) is 3. The summed E-state index contributed by atoms with van der Waals surface area (Å²) in [7, 11) is 2.10. The minimum Gasteiger partial charge on any atom is -0.425 e. The van der Waals surface area contributed by atoms with E-state index in [1.54, 1.807) is 18.2 Å². The third-order valence-electron chi connectivity index (χ3n) is 4.63. The minimum absolute atomic E-state index is 0.0939. The van der Waals surface area contributed by atoms with E-state index in [1.165, 1.54) is 0 Å². The normalized spacial score (nSPS) is 15.8. The van der Waals surface area contributed by atoms with E-state index >= 15 is 0 Å². The number of nitrogen functional groups attached to an aromatic ring is 1. The average Bonchev–Trinajstić information content (AvgIpc) is 2.92. The van der Waals surface area contributed by atoms with E-state index < -0.39 is 0 Å². The fourth-order valence-corrected chi connectivity index (χ4v) is 3.26. The Balaban J connectivity index is 1.59. The Kier molecular flexibility index (Phi) is 5.40. The lowest BCUT2D eigenvalue weighted by Crippen LogP contribution is -2.33. The van der Waals surface area contributed by atoms with E-state index in [-0.39, 0.29) is 5.84 Å². The lowest BCUT2D eigenvalue weighted by molar-refractivity contribution is 0.0561. The standard InChI is InChI=1S/C17H26N6O2/c1-22(11-12-5-9-25-10-6-12)8-7-20-17-21-14-4-2-3-13(16(18)19)15(14)23(17)24/h2-4,12,24H,5-11H2,1H3,(H3,18,19)(H,20,21). The fraction of sp³-hybridized carbons (Fsp3) is 0.529. The molecule has 0 atom stereocenters. The van der Waals surface area contributed by atoms with Gasteiger partial charge in [0.15, 0.2) is 0 Å². The maximum Gasteiger partial charge on any atom is 0.237 e. The second-order valence-corrected chi connectivity index (χ2v) is 6.58. The van der Waals surface area contributed by atoms with Crippen LogP contribution in [0.25, 0.3) is 11.0 Å². The summed E-state index contributed by atoms with van der Waals surface area (Å²) >= 11 is 0. The number of nitrogens with two attached hydrogens (primary N) is 1. The highest BCUT2D eigenvalue weighted by molar-refractivity contribution is 6.06. The zero-order valence-corrected chi connectivity index (χ0v) is 14.5. The molecule has 2 heterocycles. The van der Waals surface area contributed by atoms with E-state index in [0.29, 0.717) is 35.0 Å². The molecule has 25 heavy (non-hydrogen) atoms. The molecule has 2 aromatic rings. The molecule has 136 valence electrons. The van der Waals surface area contributed by atoms with Crippen molar-refractivity contribution in [3.05, 3.63) is 23.8 Å². The second kappa shape index (κ2) is 7.71. The Labute approximate surface area is 147 Å². The largest absolute Gasteiger partial charge is 0.425 e. The van der Waals surface area contributed by atoms with Crippen molar-refractivity contribution in [2.75, 3.05) is 45.2 Å². The average molecular weight is 346 g/mol. The lowest BCUT2D eigenvalue weighted by atomic mass is 10.00. The monoisotopic (exact) mass is 346 g/mol. The predicted molar refractivity (Wildman–Crippen MR) is 97.5 cm³/mol. The Morgan fingerprint density at radius 2 is 2.24 bits per heavy atom. The minimum atomic E-state index is -0.0939. The molecule has 8 heteroatoms. The summed E-state index contributed by atoms with van der Waals surface area (Å²) in [5, 5.41) is 21.1. The SMILES string of the molecule is CN(CCNc1nc2cccc(C(=N)N)c2n1O)CC1CCOCC1. The smallest absolute Gasteiger partial charge is 0.237 e. The van der Waals surface area contributed by atoms with Crippen molar-refractivity contribution in [3.63, 3.8) is 0 Å². The van der Waals surface area contributed by atoms with Gasteiger partial charge in [0.05, 0.1) is 5.52 Å². The third-order valence-corrected chi connectivity index (χ3v) is 4.63. The molecule has 1 aliphatic rings. The molecule has 0 spiro atoms. The van der Waals surface area contributed by atoms with Crippen molar-refractivity contribution in [2.45, 2.75) is 12.8 Å². The maximum atomic E-state index is 10.4. The molecular formula is C17H26N6O2. The molecule has 1 aliphatic heterocycles. The number of amidine groups is 1. The van der Waals surface area contributed by atoms with E-state index in [2.05, 4.69) is 22.2 Å². The number of nitrogens with one attached hydrogen (secondary N) is 2. The fourth-order valence-electron chi connectivity index (χ4n) is 3.26. The summed E-state index contributed by atoms with van der Waals surface area (Å²) < 4.78 is 6.37. The zero-order valence-electron chi connectivity index (χ0n) is 14.5. The number of hydrogen-bond acceptors (Lipinski definition) is 6. The van der Waals surface area contributed by atoms with Gasteiger partial charge in [-0.25, -0.2) is 4.98 Å².